The molecule has 1 fully saturated rings. The van der Waals surface area contributed by atoms with Crippen LogP contribution in [-0.4, -0.2) is 31.1 Å². The van der Waals surface area contributed by atoms with Crippen LogP contribution in [0.1, 0.15) is 43.7 Å². The second-order valence-electron chi connectivity index (χ2n) is 7.73. The average molecular weight is 496 g/mol. The molecule has 1 unspecified atom stereocenters. The van der Waals surface area contributed by atoms with Gasteiger partial charge in [0.1, 0.15) is 5.82 Å². The number of guanidine groups is 1. The van der Waals surface area contributed by atoms with Gasteiger partial charge in [-0.1, -0.05) is 32.0 Å². The number of hydrogen-bond acceptors (Lipinski definition) is 2. The maximum absolute atomic E-state index is 13.6. The summed E-state index contributed by atoms with van der Waals surface area (Å²) in [7, 11) is 1.78. The Balaban J connectivity index is 0.00000280. The van der Waals surface area contributed by atoms with Gasteiger partial charge >= 0.3 is 0 Å². The maximum atomic E-state index is 13.6. The zero-order valence-corrected chi connectivity index (χ0v) is 19.1. The molecule has 152 valence electrons. The SMILES string of the molecule is CN=C(NCC(c1cccnc1)C(C)C)NCC1(c2cccc(F)c2)CC1.I. The highest BCUT2D eigenvalue weighted by atomic mass is 127. The molecule has 4 nitrogen and oxygen atoms in total. The molecule has 2 aromatic rings. The molecule has 0 amide bonds. The van der Waals surface area contributed by atoms with E-state index in [9.17, 15) is 4.39 Å². The normalized spacial score (nSPS) is 16.2. The molecule has 3 rings (SSSR count). The van der Waals surface area contributed by atoms with Gasteiger partial charge in [-0.05, 0) is 48.1 Å². The summed E-state index contributed by atoms with van der Waals surface area (Å²) in [5.41, 5.74) is 2.33. The molecule has 0 saturated heterocycles. The fourth-order valence-corrected chi connectivity index (χ4v) is 3.55. The third-order valence-corrected chi connectivity index (χ3v) is 5.52. The fraction of sp³-hybridized carbons (Fsp3) is 0.455. The Bertz CT molecular complexity index is 775. The number of rotatable bonds is 7. The number of aliphatic imine (C=N–C) groups is 1. The van der Waals surface area contributed by atoms with Crippen molar-refractivity contribution in [1.29, 1.82) is 0 Å². The van der Waals surface area contributed by atoms with Crippen LogP contribution in [0, 0.1) is 11.7 Å². The second kappa shape index (κ2) is 10.2. The first-order valence-electron chi connectivity index (χ1n) is 9.64. The van der Waals surface area contributed by atoms with Crippen LogP contribution in [0.4, 0.5) is 4.39 Å². The van der Waals surface area contributed by atoms with Crippen molar-refractivity contribution in [1.82, 2.24) is 15.6 Å². The summed E-state index contributed by atoms with van der Waals surface area (Å²) >= 11 is 0. The van der Waals surface area contributed by atoms with Gasteiger partial charge in [0.25, 0.3) is 0 Å². The zero-order chi connectivity index (χ0) is 19.3. The molecule has 1 atom stereocenters. The molecule has 0 aliphatic heterocycles. The van der Waals surface area contributed by atoms with E-state index in [0.717, 1.165) is 37.5 Å². The van der Waals surface area contributed by atoms with E-state index in [1.54, 1.807) is 25.4 Å². The summed E-state index contributed by atoms with van der Waals surface area (Å²) in [4.78, 5) is 8.61. The third kappa shape index (κ3) is 5.65. The van der Waals surface area contributed by atoms with E-state index in [2.05, 4.69) is 40.5 Å². The van der Waals surface area contributed by atoms with Gasteiger partial charge in [-0.25, -0.2) is 4.39 Å². The highest BCUT2D eigenvalue weighted by Crippen LogP contribution is 2.47. The molecule has 0 spiro atoms. The molecule has 1 saturated carbocycles. The molecule has 0 radical (unpaired) electrons. The van der Waals surface area contributed by atoms with E-state index in [1.165, 1.54) is 11.6 Å². The number of nitrogens with one attached hydrogen (secondary N) is 2. The topological polar surface area (TPSA) is 49.3 Å². The molecule has 1 heterocycles. The standard InChI is InChI=1S/C22H29FN4.HI/c1-16(2)20(17-6-5-11-25-13-17)14-26-21(24-3)27-15-22(9-10-22)18-7-4-8-19(23)12-18;/h4-8,11-13,16,20H,9-10,14-15H2,1-3H3,(H2,24,26,27);1H. The minimum Gasteiger partial charge on any atom is -0.356 e. The number of nitrogens with zero attached hydrogens (tertiary/aromatic N) is 2. The highest BCUT2D eigenvalue weighted by Gasteiger charge is 2.44. The lowest BCUT2D eigenvalue weighted by Gasteiger charge is -2.24. The Morgan fingerprint density at radius 2 is 2.00 bits per heavy atom. The van der Waals surface area contributed by atoms with E-state index in [0.29, 0.717) is 11.8 Å². The van der Waals surface area contributed by atoms with Gasteiger partial charge in [-0.3, -0.25) is 9.98 Å². The van der Waals surface area contributed by atoms with Crippen molar-refractivity contribution in [3.63, 3.8) is 0 Å². The predicted octanol–water partition coefficient (Wildman–Crippen LogP) is 4.48. The van der Waals surface area contributed by atoms with Crippen LogP contribution in [0.3, 0.4) is 0 Å². The van der Waals surface area contributed by atoms with Gasteiger partial charge in [0.2, 0.25) is 0 Å². The van der Waals surface area contributed by atoms with Crippen LogP contribution in [0.15, 0.2) is 53.8 Å². The molecule has 6 heteroatoms. The number of benzene rings is 1. The van der Waals surface area contributed by atoms with Gasteiger partial charge in [-0.15, -0.1) is 24.0 Å². The lowest BCUT2D eigenvalue weighted by molar-refractivity contribution is 0.486. The summed E-state index contributed by atoms with van der Waals surface area (Å²) in [6, 6.07) is 11.1. The van der Waals surface area contributed by atoms with E-state index < -0.39 is 0 Å². The molecule has 1 aromatic heterocycles. The summed E-state index contributed by atoms with van der Waals surface area (Å²) in [5, 5.41) is 6.89. The van der Waals surface area contributed by atoms with Crippen LogP contribution < -0.4 is 10.6 Å². The predicted molar refractivity (Wildman–Crippen MR) is 124 cm³/mol. The van der Waals surface area contributed by atoms with Crippen molar-refractivity contribution in [2.24, 2.45) is 10.9 Å². The van der Waals surface area contributed by atoms with Crippen LogP contribution in [-0.2, 0) is 5.41 Å². The van der Waals surface area contributed by atoms with Crippen LogP contribution in [0.5, 0.6) is 0 Å². The van der Waals surface area contributed by atoms with Crippen LogP contribution in [0.2, 0.25) is 0 Å². The Labute approximate surface area is 184 Å². The van der Waals surface area contributed by atoms with E-state index in [-0.39, 0.29) is 35.2 Å². The average Bonchev–Trinajstić information content (AvgIpc) is 3.46. The minimum absolute atomic E-state index is 0. The van der Waals surface area contributed by atoms with Gasteiger partial charge < -0.3 is 10.6 Å². The van der Waals surface area contributed by atoms with Gasteiger partial charge in [-0.2, -0.15) is 0 Å². The molecule has 28 heavy (non-hydrogen) atoms. The first-order chi connectivity index (χ1) is 13.0. The smallest absolute Gasteiger partial charge is 0.191 e. The quantitative estimate of drug-likeness (QED) is 0.338. The van der Waals surface area contributed by atoms with Gasteiger partial charge in [0, 0.05) is 43.9 Å². The van der Waals surface area contributed by atoms with Crippen LogP contribution in [0.25, 0.3) is 0 Å². The molecule has 1 aliphatic carbocycles. The summed E-state index contributed by atoms with van der Waals surface area (Å²) in [5.74, 6) is 1.46. The monoisotopic (exact) mass is 496 g/mol. The Morgan fingerprint density at radius 1 is 1.21 bits per heavy atom. The van der Waals surface area contributed by atoms with E-state index >= 15 is 0 Å². The molecular weight excluding hydrogens is 466 g/mol. The first kappa shape index (κ1) is 22.6. The van der Waals surface area contributed by atoms with Crippen molar-refractivity contribution in [3.8, 4) is 0 Å². The molecule has 2 N–H and O–H groups in total. The number of halogens is 2. The second-order valence-corrected chi connectivity index (χ2v) is 7.73. The molecular formula is C22H30FIN4. The van der Waals surface area contributed by atoms with Crippen LogP contribution >= 0.6 is 24.0 Å². The maximum Gasteiger partial charge on any atom is 0.191 e. The Hall–Kier alpha value is -1.70. The number of aromatic nitrogens is 1. The van der Waals surface area contributed by atoms with E-state index in [4.69, 9.17) is 0 Å². The van der Waals surface area contributed by atoms with Crippen molar-refractivity contribution in [2.75, 3.05) is 20.1 Å². The molecule has 0 bridgehead atoms. The Morgan fingerprint density at radius 3 is 2.57 bits per heavy atom. The van der Waals surface area contributed by atoms with Crippen molar-refractivity contribution in [2.45, 2.75) is 38.0 Å². The first-order valence-corrected chi connectivity index (χ1v) is 9.64. The van der Waals surface area contributed by atoms with Crippen molar-refractivity contribution >= 4 is 29.9 Å². The van der Waals surface area contributed by atoms with E-state index in [1.807, 2.05) is 18.3 Å². The molecule has 1 aliphatic rings. The fourth-order valence-electron chi connectivity index (χ4n) is 3.55. The van der Waals surface area contributed by atoms with Gasteiger partial charge in [0.05, 0.1) is 0 Å². The highest BCUT2D eigenvalue weighted by molar-refractivity contribution is 14.0. The minimum atomic E-state index is -0.169. The largest absolute Gasteiger partial charge is 0.356 e. The van der Waals surface area contributed by atoms with Crippen molar-refractivity contribution < 1.29 is 4.39 Å². The number of hydrogen-bond donors (Lipinski definition) is 2. The number of pyridine rings is 1. The summed E-state index contributed by atoms with van der Waals surface area (Å²) in [6.07, 6.45) is 5.89. The summed E-state index contributed by atoms with van der Waals surface area (Å²) in [6.45, 7) is 5.99. The zero-order valence-electron chi connectivity index (χ0n) is 16.8. The molecule has 1 aromatic carbocycles. The lowest BCUT2D eigenvalue weighted by Crippen LogP contribution is -2.43. The lowest BCUT2D eigenvalue weighted by atomic mass is 9.89. The summed E-state index contributed by atoms with van der Waals surface area (Å²) < 4.78 is 13.6. The van der Waals surface area contributed by atoms with Gasteiger partial charge in [0.15, 0.2) is 5.96 Å². The van der Waals surface area contributed by atoms with Crippen molar-refractivity contribution in [3.05, 3.63) is 65.7 Å². The Kier molecular flexibility index (Phi) is 8.22. The third-order valence-electron chi connectivity index (χ3n) is 5.52.